The fraction of sp³-hybridized carbons (Fsp3) is 0.857. The molecule has 0 radical (unpaired) electrons. The van der Waals surface area contributed by atoms with Crippen LogP contribution in [0.4, 0.5) is 4.79 Å². The minimum Gasteiger partial charge on any atom is -0.351 e. The molecule has 0 aliphatic heterocycles. The number of nitrogens with two attached hydrogens (primary N) is 1. The molecule has 4 bridgehead atoms. The fourth-order valence-corrected chi connectivity index (χ4v) is 4.91. The molecule has 0 aromatic carbocycles. The lowest BCUT2D eigenvalue weighted by atomic mass is 9.52. The van der Waals surface area contributed by atoms with Crippen LogP contribution in [-0.2, 0) is 4.79 Å². The Labute approximate surface area is 113 Å². The van der Waals surface area contributed by atoms with Gasteiger partial charge in [0, 0.05) is 0 Å². The zero-order valence-electron chi connectivity index (χ0n) is 11.2. The lowest BCUT2D eigenvalue weighted by Gasteiger charge is -2.54. The molecule has 4 aliphatic carbocycles. The van der Waals surface area contributed by atoms with Crippen LogP contribution in [0, 0.1) is 29.6 Å². The fourth-order valence-electron chi connectivity index (χ4n) is 4.91. The van der Waals surface area contributed by atoms with Crippen molar-refractivity contribution in [1.82, 2.24) is 10.6 Å². The average molecular weight is 265 g/mol. The van der Waals surface area contributed by atoms with Crippen molar-refractivity contribution < 1.29 is 9.59 Å². The molecule has 5 heteroatoms. The van der Waals surface area contributed by atoms with Gasteiger partial charge >= 0.3 is 6.03 Å². The number of imide groups is 1. The number of amides is 3. The second-order valence-corrected chi connectivity index (χ2v) is 6.64. The van der Waals surface area contributed by atoms with Crippen molar-refractivity contribution in [1.29, 1.82) is 0 Å². The second-order valence-electron chi connectivity index (χ2n) is 6.64. The van der Waals surface area contributed by atoms with Crippen LogP contribution in [0.2, 0.25) is 0 Å². The van der Waals surface area contributed by atoms with Crippen LogP contribution in [0.15, 0.2) is 0 Å². The number of carbonyl (C=O) groups excluding carboxylic acids is 2. The molecule has 0 unspecified atom stereocenters. The number of nitrogens with one attached hydrogen (secondary N) is 2. The molecule has 4 fully saturated rings. The Morgan fingerprint density at radius 3 is 2.11 bits per heavy atom. The molecule has 0 aromatic rings. The lowest BCUT2D eigenvalue weighted by Crippen LogP contribution is -2.49. The highest BCUT2D eigenvalue weighted by Gasteiger charge is 2.47. The van der Waals surface area contributed by atoms with E-state index in [0.717, 1.165) is 36.1 Å². The summed E-state index contributed by atoms with van der Waals surface area (Å²) in [5.74, 6) is 4.09. The first-order chi connectivity index (χ1) is 9.11. The van der Waals surface area contributed by atoms with Gasteiger partial charge in [-0.25, -0.2) is 4.79 Å². The van der Waals surface area contributed by atoms with E-state index in [1.165, 1.54) is 32.1 Å². The van der Waals surface area contributed by atoms with Gasteiger partial charge in [-0.15, -0.1) is 0 Å². The predicted octanol–water partition coefficient (Wildman–Crippen LogP) is 0.843. The van der Waals surface area contributed by atoms with E-state index in [0.29, 0.717) is 0 Å². The quantitative estimate of drug-likeness (QED) is 0.704. The van der Waals surface area contributed by atoms with Crippen molar-refractivity contribution in [2.45, 2.75) is 32.1 Å². The Balaban J connectivity index is 1.46. The zero-order chi connectivity index (χ0) is 13.4. The highest BCUT2D eigenvalue weighted by atomic mass is 16.2. The Hall–Kier alpha value is -1.10. The minimum atomic E-state index is -0.776. The summed E-state index contributed by atoms with van der Waals surface area (Å²) in [7, 11) is 0. The highest BCUT2D eigenvalue weighted by molar-refractivity contribution is 5.94. The SMILES string of the molecule is NC(=O)NC(=O)CNCC1C2CC3CC(C2)CC1C3. The van der Waals surface area contributed by atoms with E-state index in [9.17, 15) is 9.59 Å². The van der Waals surface area contributed by atoms with Crippen molar-refractivity contribution in [3.05, 3.63) is 0 Å². The van der Waals surface area contributed by atoms with Gasteiger partial charge in [0.15, 0.2) is 0 Å². The minimum absolute atomic E-state index is 0.186. The van der Waals surface area contributed by atoms with E-state index < -0.39 is 6.03 Å². The number of primary amides is 1. The van der Waals surface area contributed by atoms with Crippen molar-refractivity contribution in [2.75, 3.05) is 13.1 Å². The van der Waals surface area contributed by atoms with Crippen LogP contribution >= 0.6 is 0 Å². The first kappa shape index (κ1) is 12.9. The van der Waals surface area contributed by atoms with Gasteiger partial charge in [0.2, 0.25) is 5.91 Å². The predicted molar refractivity (Wildman–Crippen MR) is 71.1 cm³/mol. The van der Waals surface area contributed by atoms with Crippen molar-refractivity contribution in [2.24, 2.45) is 35.3 Å². The van der Waals surface area contributed by atoms with Crippen LogP contribution in [0.5, 0.6) is 0 Å². The molecular weight excluding hydrogens is 242 g/mol. The van der Waals surface area contributed by atoms with Gasteiger partial charge in [0.1, 0.15) is 0 Å². The zero-order valence-corrected chi connectivity index (χ0v) is 11.2. The third kappa shape index (κ3) is 2.76. The highest BCUT2D eigenvalue weighted by Crippen LogP contribution is 2.56. The van der Waals surface area contributed by atoms with Crippen molar-refractivity contribution in [3.8, 4) is 0 Å². The van der Waals surface area contributed by atoms with E-state index in [4.69, 9.17) is 5.73 Å². The number of hydrogen-bond acceptors (Lipinski definition) is 3. The number of rotatable bonds is 4. The molecule has 3 amide bonds. The van der Waals surface area contributed by atoms with Gasteiger partial charge in [-0.1, -0.05) is 0 Å². The van der Waals surface area contributed by atoms with Crippen LogP contribution in [-0.4, -0.2) is 25.0 Å². The first-order valence-corrected chi connectivity index (χ1v) is 7.41. The summed E-state index contributed by atoms with van der Waals surface area (Å²) in [5.41, 5.74) is 4.90. The Morgan fingerprint density at radius 1 is 1.00 bits per heavy atom. The molecule has 0 heterocycles. The molecule has 0 spiro atoms. The monoisotopic (exact) mass is 265 g/mol. The summed E-state index contributed by atoms with van der Waals surface area (Å²) in [6.07, 6.45) is 7.05. The Bertz CT molecular complexity index is 355. The summed E-state index contributed by atoms with van der Waals surface area (Å²) in [5, 5.41) is 5.28. The van der Waals surface area contributed by atoms with Crippen LogP contribution < -0.4 is 16.4 Å². The Kier molecular flexibility index (Phi) is 3.48. The maximum absolute atomic E-state index is 11.3. The summed E-state index contributed by atoms with van der Waals surface area (Å²) < 4.78 is 0. The third-order valence-corrected chi connectivity index (χ3v) is 5.35. The Morgan fingerprint density at radius 2 is 1.58 bits per heavy atom. The third-order valence-electron chi connectivity index (χ3n) is 5.35. The normalized spacial score (nSPS) is 39.3. The van der Waals surface area contributed by atoms with Crippen LogP contribution in [0.25, 0.3) is 0 Å². The first-order valence-electron chi connectivity index (χ1n) is 7.41. The van der Waals surface area contributed by atoms with Gasteiger partial charge in [-0.3, -0.25) is 10.1 Å². The smallest absolute Gasteiger partial charge is 0.318 e. The molecule has 0 saturated heterocycles. The van der Waals surface area contributed by atoms with E-state index in [2.05, 4.69) is 10.6 Å². The summed E-state index contributed by atoms with van der Waals surface area (Å²) in [6, 6.07) is -0.776. The van der Waals surface area contributed by atoms with E-state index in [-0.39, 0.29) is 12.5 Å². The topological polar surface area (TPSA) is 84.2 Å². The van der Waals surface area contributed by atoms with Crippen LogP contribution in [0.1, 0.15) is 32.1 Å². The molecule has 4 aliphatic rings. The molecule has 4 rings (SSSR count). The van der Waals surface area contributed by atoms with Crippen molar-refractivity contribution in [3.63, 3.8) is 0 Å². The molecule has 5 nitrogen and oxygen atoms in total. The van der Waals surface area contributed by atoms with Gasteiger partial charge in [0.25, 0.3) is 0 Å². The second kappa shape index (κ2) is 5.12. The molecule has 0 atom stereocenters. The molecule has 19 heavy (non-hydrogen) atoms. The molecule has 4 saturated carbocycles. The summed E-state index contributed by atoms with van der Waals surface area (Å²) in [4.78, 5) is 21.9. The molecule has 106 valence electrons. The largest absolute Gasteiger partial charge is 0.351 e. The van der Waals surface area contributed by atoms with Crippen LogP contribution in [0.3, 0.4) is 0 Å². The maximum Gasteiger partial charge on any atom is 0.318 e. The molecule has 4 N–H and O–H groups in total. The van der Waals surface area contributed by atoms with E-state index >= 15 is 0 Å². The number of urea groups is 1. The van der Waals surface area contributed by atoms with Gasteiger partial charge in [-0.2, -0.15) is 0 Å². The lowest BCUT2D eigenvalue weighted by molar-refractivity contribution is -0.119. The standard InChI is InChI=1S/C14H23N3O2/c15-14(19)17-13(18)7-16-6-12-10-2-8-1-9(4-10)5-11(12)3-8/h8-12,16H,1-7H2,(H3,15,17,18,19). The summed E-state index contributed by atoms with van der Waals surface area (Å²) in [6.45, 7) is 1.09. The van der Waals surface area contributed by atoms with E-state index in [1.807, 2.05) is 0 Å². The van der Waals surface area contributed by atoms with Crippen molar-refractivity contribution >= 4 is 11.9 Å². The number of hydrogen-bond donors (Lipinski definition) is 3. The van der Waals surface area contributed by atoms with E-state index in [1.54, 1.807) is 0 Å². The maximum atomic E-state index is 11.3. The summed E-state index contributed by atoms with van der Waals surface area (Å²) >= 11 is 0. The van der Waals surface area contributed by atoms with Gasteiger partial charge in [-0.05, 0) is 68.2 Å². The van der Waals surface area contributed by atoms with Gasteiger partial charge < -0.3 is 11.1 Å². The number of carbonyl (C=O) groups is 2. The molecule has 0 aromatic heterocycles. The van der Waals surface area contributed by atoms with Gasteiger partial charge in [0.05, 0.1) is 6.54 Å². The molecular formula is C14H23N3O2. The average Bonchev–Trinajstić information content (AvgIpc) is 2.30.